The van der Waals surface area contributed by atoms with Crippen molar-refractivity contribution in [1.82, 2.24) is 4.90 Å². The summed E-state index contributed by atoms with van der Waals surface area (Å²) in [5.41, 5.74) is 1.55. The third kappa shape index (κ3) is 3.56. The van der Waals surface area contributed by atoms with Crippen LogP contribution in [-0.2, 0) is 9.53 Å². The molecule has 1 N–H and O–H groups in total. The largest absolute Gasteiger partial charge is 0.464 e. The molecule has 4 heteroatoms. The van der Waals surface area contributed by atoms with E-state index in [2.05, 4.69) is 43.2 Å². The first kappa shape index (κ1) is 15.8. The molecule has 0 bridgehead atoms. The van der Waals surface area contributed by atoms with Crippen LogP contribution in [0.2, 0.25) is 0 Å². The van der Waals surface area contributed by atoms with Crippen LogP contribution in [0, 0.1) is 6.92 Å². The highest BCUT2D eigenvalue weighted by atomic mass is 16.5. The van der Waals surface area contributed by atoms with Crippen LogP contribution < -0.4 is 5.32 Å². The summed E-state index contributed by atoms with van der Waals surface area (Å²) in [6, 6.07) is 8.50. The molecule has 2 atom stereocenters. The molecule has 1 saturated heterocycles. The number of likely N-dealkylation sites (tertiary alicyclic amines) is 1. The molecule has 1 aliphatic rings. The van der Waals surface area contributed by atoms with Gasteiger partial charge in [-0.3, -0.25) is 0 Å². The van der Waals surface area contributed by atoms with E-state index in [0.29, 0.717) is 12.6 Å². The molecule has 1 aromatic rings. The first-order valence-corrected chi connectivity index (χ1v) is 7.69. The van der Waals surface area contributed by atoms with Gasteiger partial charge in [0.15, 0.2) is 0 Å². The van der Waals surface area contributed by atoms with Crippen molar-refractivity contribution < 1.29 is 9.53 Å². The summed E-state index contributed by atoms with van der Waals surface area (Å²) in [5.74, 6) is -0.133. The van der Waals surface area contributed by atoms with Crippen LogP contribution in [0.15, 0.2) is 24.3 Å². The zero-order valence-electron chi connectivity index (χ0n) is 13.5. The van der Waals surface area contributed by atoms with Crippen LogP contribution in [0.25, 0.3) is 0 Å². The number of esters is 1. The van der Waals surface area contributed by atoms with Crippen molar-refractivity contribution in [2.24, 2.45) is 0 Å². The fourth-order valence-electron chi connectivity index (χ4n) is 2.97. The number of piperidine rings is 1. The molecular formula is C17H26N2O2. The van der Waals surface area contributed by atoms with E-state index in [4.69, 9.17) is 4.74 Å². The molecule has 0 radical (unpaired) electrons. The summed E-state index contributed by atoms with van der Waals surface area (Å²) in [6.07, 6.45) is 1.52. The average Bonchev–Trinajstić information content (AvgIpc) is 2.43. The number of benzene rings is 1. The van der Waals surface area contributed by atoms with Gasteiger partial charge >= 0.3 is 5.97 Å². The number of hydrogen-bond donors (Lipinski definition) is 1. The number of carbonyl (C=O) groups is 1. The van der Waals surface area contributed by atoms with Crippen LogP contribution >= 0.6 is 0 Å². The number of ether oxygens (including phenoxy) is 1. The lowest BCUT2D eigenvalue weighted by Crippen LogP contribution is -2.57. The Kier molecular flexibility index (Phi) is 4.88. The topological polar surface area (TPSA) is 41.6 Å². The van der Waals surface area contributed by atoms with E-state index in [1.807, 2.05) is 19.1 Å². The van der Waals surface area contributed by atoms with Gasteiger partial charge in [-0.15, -0.1) is 0 Å². The van der Waals surface area contributed by atoms with E-state index in [1.165, 1.54) is 5.56 Å². The van der Waals surface area contributed by atoms with Gasteiger partial charge in [-0.2, -0.15) is 0 Å². The third-order valence-electron chi connectivity index (χ3n) is 4.36. The van der Waals surface area contributed by atoms with E-state index in [0.717, 1.165) is 25.1 Å². The number of rotatable bonds is 4. The third-order valence-corrected chi connectivity index (χ3v) is 4.36. The lowest BCUT2D eigenvalue weighted by atomic mass is 9.83. The molecule has 0 spiro atoms. The standard InChI is InChI=1S/C17H26N2O2/c1-5-21-16(20)17(9-10-19(4)14(3)12-17)18-15-8-6-7-13(2)11-15/h6-8,11,14,18H,5,9-10,12H2,1-4H3. The molecule has 116 valence electrons. The zero-order chi connectivity index (χ0) is 15.5. The minimum absolute atomic E-state index is 0.133. The number of aryl methyl sites for hydroxylation is 1. The molecule has 21 heavy (non-hydrogen) atoms. The second-order valence-electron chi connectivity index (χ2n) is 6.08. The van der Waals surface area contributed by atoms with Crippen LogP contribution in [0.4, 0.5) is 5.69 Å². The molecule has 0 amide bonds. The average molecular weight is 290 g/mol. The molecule has 4 nitrogen and oxygen atoms in total. The predicted molar refractivity (Wildman–Crippen MR) is 85.5 cm³/mol. The lowest BCUT2D eigenvalue weighted by Gasteiger charge is -2.43. The fourth-order valence-corrected chi connectivity index (χ4v) is 2.97. The Balaban J connectivity index is 2.26. The molecule has 1 aromatic carbocycles. The highest BCUT2D eigenvalue weighted by Crippen LogP contribution is 2.31. The molecule has 1 fully saturated rings. The SMILES string of the molecule is CCOC(=O)C1(Nc2cccc(C)c2)CCN(C)C(C)C1. The maximum Gasteiger partial charge on any atom is 0.331 e. The van der Waals surface area contributed by atoms with Crippen molar-refractivity contribution >= 4 is 11.7 Å². The van der Waals surface area contributed by atoms with Crippen molar-refractivity contribution in [3.05, 3.63) is 29.8 Å². The van der Waals surface area contributed by atoms with E-state index < -0.39 is 5.54 Å². The first-order valence-electron chi connectivity index (χ1n) is 7.69. The summed E-state index contributed by atoms with van der Waals surface area (Å²) >= 11 is 0. The number of nitrogens with zero attached hydrogens (tertiary/aromatic N) is 1. The summed E-state index contributed by atoms with van der Waals surface area (Å²) in [7, 11) is 2.10. The van der Waals surface area contributed by atoms with Crippen LogP contribution in [0.1, 0.15) is 32.3 Å². The van der Waals surface area contributed by atoms with E-state index in [9.17, 15) is 4.79 Å². The van der Waals surface area contributed by atoms with E-state index in [-0.39, 0.29) is 5.97 Å². The highest BCUT2D eigenvalue weighted by molar-refractivity contribution is 5.85. The van der Waals surface area contributed by atoms with E-state index in [1.54, 1.807) is 0 Å². The van der Waals surface area contributed by atoms with E-state index >= 15 is 0 Å². The first-order chi connectivity index (χ1) is 9.97. The quantitative estimate of drug-likeness (QED) is 0.866. The monoisotopic (exact) mass is 290 g/mol. The normalized spacial score (nSPS) is 26.4. The minimum atomic E-state index is -0.615. The Hall–Kier alpha value is -1.55. The Labute approximate surface area is 127 Å². The Morgan fingerprint density at radius 3 is 2.90 bits per heavy atom. The van der Waals surface area contributed by atoms with Gasteiger partial charge in [-0.25, -0.2) is 4.79 Å². The summed E-state index contributed by atoms with van der Waals surface area (Å²) in [4.78, 5) is 14.8. The van der Waals surface area contributed by atoms with Gasteiger partial charge in [0.05, 0.1) is 6.61 Å². The highest BCUT2D eigenvalue weighted by Gasteiger charge is 2.44. The Morgan fingerprint density at radius 2 is 2.29 bits per heavy atom. The molecule has 1 aliphatic heterocycles. The molecule has 0 aliphatic carbocycles. The van der Waals surface area contributed by atoms with Crippen molar-refractivity contribution in [2.45, 2.75) is 45.2 Å². The number of anilines is 1. The van der Waals surface area contributed by atoms with Gasteiger partial charge < -0.3 is 15.0 Å². The van der Waals surface area contributed by atoms with Gasteiger partial charge in [0.2, 0.25) is 0 Å². The minimum Gasteiger partial charge on any atom is -0.464 e. The van der Waals surface area contributed by atoms with Crippen LogP contribution in [0.5, 0.6) is 0 Å². The zero-order valence-corrected chi connectivity index (χ0v) is 13.5. The van der Waals surface area contributed by atoms with Gasteiger partial charge in [0, 0.05) is 18.3 Å². The smallest absolute Gasteiger partial charge is 0.331 e. The molecule has 1 heterocycles. The summed E-state index contributed by atoms with van der Waals surface area (Å²) in [5, 5.41) is 3.47. The van der Waals surface area contributed by atoms with Gasteiger partial charge in [0.25, 0.3) is 0 Å². The number of carbonyl (C=O) groups excluding carboxylic acids is 1. The van der Waals surface area contributed by atoms with Gasteiger partial charge in [0.1, 0.15) is 5.54 Å². The maximum atomic E-state index is 12.6. The maximum absolute atomic E-state index is 12.6. The van der Waals surface area contributed by atoms with Crippen LogP contribution in [0.3, 0.4) is 0 Å². The fraction of sp³-hybridized carbons (Fsp3) is 0.588. The Bertz CT molecular complexity index is 503. The number of nitrogens with one attached hydrogen (secondary N) is 1. The van der Waals surface area contributed by atoms with Gasteiger partial charge in [-0.05, 0) is 58.4 Å². The Morgan fingerprint density at radius 1 is 1.52 bits per heavy atom. The summed E-state index contributed by atoms with van der Waals surface area (Å²) in [6.45, 7) is 7.38. The molecule has 2 rings (SSSR count). The summed E-state index contributed by atoms with van der Waals surface area (Å²) < 4.78 is 5.35. The van der Waals surface area contributed by atoms with Crippen molar-refractivity contribution in [1.29, 1.82) is 0 Å². The number of hydrogen-bond acceptors (Lipinski definition) is 4. The lowest BCUT2D eigenvalue weighted by molar-refractivity contribution is -0.151. The molecule has 2 unspecified atom stereocenters. The van der Waals surface area contributed by atoms with Crippen molar-refractivity contribution in [3.8, 4) is 0 Å². The predicted octanol–water partition coefficient (Wildman–Crippen LogP) is 2.82. The van der Waals surface area contributed by atoms with Crippen molar-refractivity contribution in [2.75, 3.05) is 25.5 Å². The second-order valence-corrected chi connectivity index (χ2v) is 6.08. The van der Waals surface area contributed by atoms with Gasteiger partial charge in [-0.1, -0.05) is 12.1 Å². The molecule has 0 saturated carbocycles. The van der Waals surface area contributed by atoms with Crippen molar-refractivity contribution in [3.63, 3.8) is 0 Å². The van der Waals surface area contributed by atoms with Crippen LogP contribution in [-0.4, -0.2) is 42.6 Å². The molecule has 0 aromatic heterocycles. The molecular weight excluding hydrogens is 264 g/mol. The second kappa shape index (κ2) is 6.48.